The Morgan fingerprint density at radius 1 is 1.00 bits per heavy atom. The Morgan fingerprint density at radius 3 is 2.21 bits per heavy atom. The van der Waals surface area contributed by atoms with E-state index in [4.69, 9.17) is 0 Å². The van der Waals surface area contributed by atoms with Crippen LogP contribution in [-0.2, 0) is 17.6 Å². The van der Waals surface area contributed by atoms with Crippen molar-refractivity contribution in [3.05, 3.63) is 76.3 Å². The Balaban J connectivity index is 1.66. The lowest BCUT2D eigenvalue weighted by atomic mass is 10.0. The molecule has 0 saturated carbocycles. The molecule has 1 atom stereocenters. The van der Waals surface area contributed by atoms with Crippen molar-refractivity contribution >= 4 is 34.2 Å². The number of nitrogens with one attached hydrogen (secondary N) is 1. The van der Waals surface area contributed by atoms with E-state index >= 15 is 0 Å². The van der Waals surface area contributed by atoms with E-state index in [0.717, 1.165) is 15.5 Å². The molecule has 29 heavy (non-hydrogen) atoms. The van der Waals surface area contributed by atoms with E-state index in [1.807, 2.05) is 37.3 Å². The molecule has 0 radical (unpaired) electrons. The molecule has 2 aromatic carbocycles. The molecule has 2 heterocycles. The fourth-order valence-electron chi connectivity index (χ4n) is 3.27. The third-order valence-corrected chi connectivity index (χ3v) is 5.69. The summed E-state index contributed by atoms with van der Waals surface area (Å²) in [5.74, 6) is -1.40. The van der Waals surface area contributed by atoms with Gasteiger partial charge in [0.15, 0.2) is 0 Å². The molecule has 0 spiro atoms. The van der Waals surface area contributed by atoms with Gasteiger partial charge >= 0.3 is 0 Å². The van der Waals surface area contributed by atoms with Crippen molar-refractivity contribution in [3.63, 3.8) is 0 Å². The van der Waals surface area contributed by atoms with Gasteiger partial charge in [-0.2, -0.15) is 0 Å². The number of aromatic nitrogens is 2. The summed E-state index contributed by atoms with van der Waals surface area (Å²) >= 11 is 1.27. The lowest BCUT2D eigenvalue weighted by molar-refractivity contribution is -0.119. The number of benzene rings is 2. The van der Waals surface area contributed by atoms with Gasteiger partial charge in [0.25, 0.3) is 11.8 Å². The van der Waals surface area contributed by atoms with Crippen LogP contribution in [-0.4, -0.2) is 38.9 Å². The summed E-state index contributed by atoms with van der Waals surface area (Å²) in [4.78, 5) is 40.1. The van der Waals surface area contributed by atoms with Crippen molar-refractivity contribution in [2.45, 2.75) is 25.8 Å². The molecule has 146 valence electrons. The number of carbonyl (C=O) groups excluding carboxylic acids is 3. The van der Waals surface area contributed by atoms with Gasteiger partial charge in [0.2, 0.25) is 11.0 Å². The predicted molar refractivity (Wildman–Crippen MR) is 109 cm³/mol. The molecule has 3 amide bonds. The monoisotopic (exact) mass is 406 g/mol. The summed E-state index contributed by atoms with van der Waals surface area (Å²) in [5.41, 5.74) is 1.47. The summed E-state index contributed by atoms with van der Waals surface area (Å²) in [6.45, 7) is 1.95. The molecule has 0 bridgehead atoms. The van der Waals surface area contributed by atoms with Crippen molar-refractivity contribution in [3.8, 4) is 0 Å². The molecule has 4 rings (SSSR count). The highest BCUT2D eigenvalue weighted by molar-refractivity contribution is 7.15. The molecule has 1 aliphatic heterocycles. The third-order valence-electron chi connectivity index (χ3n) is 4.71. The minimum absolute atomic E-state index is 0.206. The molecule has 7 nitrogen and oxygen atoms in total. The number of hydrogen-bond acceptors (Lipinski definition) is 6. The third kappa shape index (κ3) is 3.66. The molecular formula is C21H18N4O3S. The van der Waals surface area contributed by atoms with Crippen molar-refractivity contribution < 1.29 is 14.4 Å². The lowest BCUT2D eigenvalue weighted by Gasteiger charge is -2.25. The number of rotatable bonds is 6. The van der Waals surface area contributed by atoms with Crippen LogP contribution in [0.25, 0.3) is 0 Å². The minimum Gasteiger partial charge on any atom is -0.299 e. The van der Waals surface area contributed by atoms with Crippen LogP contribution in [0.5, 0.6) is 0 Å². The van der Waals surface area contributed by atoms with Crippen molar-refractivity contribution in [2.75, 3.05) is 5.32 Å². The van der Waals surface area contributed by atoms with Gasteiger partial charge in [0.1, 0.15) is 11.0 Å². The standard InChI is InChI=1S/C21H18N4O3S/c1-2-17-23-24-21(29-17)22-18(26)16(12-13-8-4-3-5-9-13)25-19(27)14-10-6-7-11-15(14)20(25)28/h3-11,16H,2,12H2,1H3,(H,22,24,26). The Bertz CT molecular complexity index is 1050. The fourth-order valence-corrected chi connectivity index (χ4v) is 3.95. The maximum Gasteiger partial charge on any atom is 0.262 e. The molecule has 1 aliphatic rings. The van der Waals surface area contributed by atoms with E-state index in [-0.39, 0.29) is 6.42 Å². The zero-order valence-electron chi connectivity index (χ0n) is 15.7. The van der Waals surface area contributed by atoms with Gasteiger partial charge in [-0.05, 0) is 24.1 Å². The summed E-state index contributed by atoms with van der Waals surface area (Å²) in [5, 5.41) is 11.8. The summed E-state index contributed by atoms with van der Waals surface area (Å²) in [6.07, 6.45) is 0.914. The van der Waals surface area contributed by atoms with Crippen LogP contribution in [0.3, 0.4) is 0 Å². The Labute approximate surface area is 171 Å². The Morgan fingerprint density at radius 2 is 1.62 bits per heavy atom. The smallest absolute Gasteiger partial charge is 0.262 e. The minimum atomic E-state index is -1.00. The van der Waals surface area contributed by atoms with Crippen LogP contribution >= 0.6 is 11.3 Å². The van der Waals surface area contributed by atoms with Gasteiger partial charge in [-0.25, -0.2) is 0 Å². The van der Waals surface area contributed by atoms with Crippen molar-refractivity contribution in [2.24, 2.45) is 0 Å². The number of amides is 3. The summed E-state index contributed by atoms with van der Waals surface area (Å²) in [6, 6.07) is 14.9. The van der Waals surface area contributed by atoms with Gasteiger partial charge in [-0.15, -0.1) is 10.2 Å². The van der Waals surface area contributed by atoms with Gasteiger partial charge in [-0.3, -0.25) is 24.6 Å². The van der Waals surface area contributed by atoms with E-state index in [9.17, 15) is 14.4 Å². The highest BCUT2D eigenvalue weighted by atomic mass is 32.1. The van der Waals surface area contributed by atoms with E-state index in [2.05, 4.69) is 15.5 Å². The zero-order valence-corrected chi connectivity index (χ0v) is 16.5. The van der Waals surface area contributed by atoms with Crippen LogP contribution in [0.1, 0.15) is 38.2 Å². The van der Waals surface area contributed by atoms with Crippen molar-refractivity contribution in [1.29, 1.82) is 0 Å². The molecule has 0 saturated heterocycles. The molecule has 3 aromatic rings. The predicted octanol–water partition coefficient (Wildman–Crippen LogP) is 2.95. The van der Waals surface area contributed by atoms with E-state index < -0.39 is 23.8 Å². The first-order valence-corrected chi connectivity index (χ1v) is 10.0. The number of nitrogens with zero attached hydrogens (tertiary/aromatic N) is 3. The van der Waals surface area contributed by atoms with Crippen LogP contribution in [0, 0.1) is 0 Å². The van der Waals surface area contributed by atoms with Crippen LogP contribution in [0.15, 0.2) is 54.6 Å². The Hall–Kier alpha value is -3.39. The van der Waals surface area contributed by atoms with Crippen LogP contribution in [0.2, 0.25) is 0 Å². The molecule has 0 fully saturated rings. The topological polar surface area (TPSA) is 92.3 Å². The van der Waals surface area contributed by atoms with Gasteiger partial charge in [0, 0.05) is 6.42 Å². The number of hydrogen-bond donors (Lipinski definition) is 1. The number of anilines is 1. The first-order valence-electron chi connectivity index (χ1n) is 9.22. The normalized spacial score (nSPS) is 14.0. The highest BCUT2D eigenvalue weighted by Crippen LogP contribution is 2.27. The Kier molecular flexibility index (Phi) is 5.18. The van der Waals surface area contributed by atoms with Gasteiger partial charge < -0.3 is 0 Å². The molecule has 1 unspecified atom stereocenters. The number of carbonyl (C=O) groups is 3. The molecular weight excluding hydrogens is 388 g/mol. The molecule has 1 aromatic heterocycles. The second kappa shape index (κ2) is 7.92. The molecule has 1 N–H and O–H groups in total. The molecule has 8 heteroatoms. The van der Waals surface area contributed by atoms with Crippen LogP contribution in [0.4, 0.5) is 5.13 Å². The fraction of sp³-hybridized carbons (Fsp3) is 0.190. The van der Waals surface area contributed by atoms with Crippen molar-refractivity contribution in [1.82, 2.24) is 15.1 Å². The second-order valence-electron chi connectivity index (χ2n) is 6.58. The van der Waals surface area contributed by atoms with Gasteiger partial charge in [-0.1, -0.05) is 60.7 Å². The number of fused-ring (bicyclic) bond motifs is 1. The lowest BCUT2D eigenvalue weighted by Crippen LogP contribution is -2.48. The largest absolute Gasteiger partial charge is 0.299 e. The number of imide groups is 1. The maximum absolute atomic E-state index is 13.1. The zero-order chi connectivity index (χ0) is 20.4. The average Bonchev–Trinajstić information content (AvgIpc) is 3.30. The van der Waals surface area contributed by atoms with E-state index in [0.29, 0.717) is 22.7 Å². The second-order valence-corrected chi connectivity index (χ2v) is 7.64. The van der Waals surface area contributed by atoms with Crippen LogP contribution < -0.4 is 5.32 Å². The SMILES string of the molecule is CCc1nnc(NC(=O)C(Cc2ccccc2)N2C(=O)c3ccccc3C2=O)s1. The van der Waals surface area contributed by atoms with E-state index in [1.54, 1.807) is 24.3 Å². The summed E-state index contributed by atoms with van der Waals surface area (Å²) < 4.78 is 0. The van der Waals surface area contributed by atoms with Gasteiger partial charge in [0.05, 0.1) is 11.1 Å². The number of aryl methyl sites for hydroxylation is 1. The first kappa shape index (κ1) is 18.9. The first-order chi connectivity index (χ1) is 14.1. The average molecular weight is 406 g/mol. The highest BCUT2D eigenvalue weighted by Gasteiger charge is 2.42. The van der Waals surface area contributed by atoms with E-state index in [1.165, 1.54) is 11.3 Å². The molecule has 0 aliphatic carbocycles. The summed E-state index contributed by atoms with van der Waals surface area (Å²) in [7, 11) is 0. The quantitative estimate of drug-likeness (QED) is 0.636. The maximum atomic E-state index is 13.1.